The average molecular weight is 289 g/mol. The van der Waals surface area contributed by atoms with E-state index in [0.29, 0.717) is 18.8 Å². The topological polar surface area (TPSA) is 77.0 Å². The van der Waals surface area contributed by atoms with Gasteiger partial charge in [0.15, 0.2) is 5.69 Å². The Morgan fingerprint density at radius 1 is 1.33 bits per heavy atom. The first-order valence-electron chi connectivity index (χ1n) is 6.86. The molecule has 1 aromatic heterocycles. The Balaban J connectivity index is 1.78. The van der Waals surface area contributed by atoms with E-state index < -0.39 is 0 Å². The van der Waals surface area contributed by atoms with Gasteiger partial charge in [-0.3, -0.25) is 4.79 Å². The molecule has 1 atom stereocenters. The number of piperidine rings is 1. The summed E-state index contributed by atoms with van der Waals surface area (Å²) in [7, 11) is 0. The number of likely N-dealkylation sites (tertiary alicyclic amines) is 1. The molecule has 110 valence electrons. The zero-order chi connectivity index (χ0) is 14.8. The molecule has 2 heterocycles. The fourth-order valence-electron chi connectivity index (χ4n) is 2.44. The van der Waals surface area contributed by atoms with Crippen molar-refractivity contribution in [2.75, 3.05) is 13.1 Å². The first-order valence-corrected chi connectivity index (χ1v) is 6.86. The summed E-state index contributed by atoms with van der Waals surface area (Å²) in [6.07, 6.45) is 3.39. The zero-order valence-electron chi connectivity index (χ0n) is 11.4. The summed E-state index contributed by atoms with van der Waals surface area (Å²) in [5, 5.41) is 7.82. The van der Waals surface area contributed by atoms with Gasteiger partial charge in [-0.2, -0.15) is 0 Å². The molecule has 3 rings (SSSR count). The fourth-order valence-corrected chi connectivity index (χ4v) is 2.44. The van der Waals surface area contributed by atoms with Crippen LogP contribution in [0.4, 0.5) is 4.39 Å². The Bertz CT molecular complexity index is 639. The van der Waals surface area contributed by atoms with Crippen LogP contribution in [0.15, 0.2) is 30.5 Å². The van der Waals surface area contributed by atoms with E-state index in [2.05, 4.69) is 10.3 Å². The minimum Gasteiger partial charge on any atom is -0.336 e. The van der Waals surface area contributed by atoms with E-state index in [1.165, 1.54) is 16.8 Å². The van der Waals surface area contributed by atoms with Gasteiger partial charge in [0.05, 0.1) is 11.9 Å². The van der Waals surface area contributed by atoms with Crippen molar-refractivity contribution in [2.24, 2.45) is 5.73 Å². The molecule has 1 fully saturated rings. The van der Waals surface area contributed by atoms with Crippen LogP contribution in [0.5, 0.6) is 0 Å². The number of hydrogen-bond acceptors (Lipinski definition) is 4. The molecule has 1 amide bonds. The van der Waals surface area contributed by atoms with Crippen LogP contribution in [-0.4, -0.2) is 44.9 Å². The predicted octanol–water partition coefficient (Wildman–Crippen LogP) is 0.970. The molecule has 1 unspecified atom stereocenters. The lowest BCUT2D eigenvalue weighted by atomic mass is 10.1. The van der Waals surface area contributed by atoms with Gasteiger partial charge in [0.2, 0.25) is 0 Å². The van der Waals surface area contributed by atoms with Crippen LogP contribution in [0.1, 0.15) is 23.3 Å². The molecular weight excluding hydrogens is 273 g/mol. The fraction of sp³-hybridized carbons (Fsp3) is 0.357. The van der Waals surface area contributed by atoms with Crippen LogP contribution in [0, 0.1) is 5.82 Å². The number of carbonyl (C=O) groups is 1. The van der Waals surface area contributed by atoms with Gasteiger partial charge in [-0.05, 0) is 37.1 Å². The molecule has 21 heavy (non-hydrogen) atoms. The standard InChI is InChI=1S/C14H16FN5O/c15-10-3-5-12(6-4-10)20-9-13(17-18-20)14(21)19-7-1-2-11(16)8-19/h3-6,9,11H,1-2,7-8,16H2. The second kappa shape index (κ2) is 5.61. The second-order valence-corrected chi connectivity index (χ2v) is 5.18. The summed E-state index contributed by atoms with van der Waals surface area (Å²) >= 11 is 0. The van der Waals surface area contributed by atoms with Crippen LogP contribution < -0.4 is 5.73 Å². The number of benzene rings is 1. The van der Waals surface area contributed by atoms with Crippen LogP contribution in [0.3, 0.4) is 0 Å². The molecule has 1 saturated heterocycles. The molecule has 1 aliphatic rings. The van der Waals surface area contributed by atoms with Crippen molar-refractivity contribution in [2.45, 2.75) is 18.9 Å². The molecule has 0 bridgehead atoms. The van der Waals surface area contributed by atoms with Crippen LogP contribution in [0.25, 0.3) is 5.69 Å². The van der Waals surface area contributed by atoms with E-state index in [-0.39, 0.29) is 23.5 Å². The van der Waals surface area contributed by atoms with Crippen molar-refractivity contribution in [3.8, 4) is 5.69 Å². The maximum Gasteiger partial charge on any atom is 0.276 e. The van der Waals surface area contributed by atoms with E-state index in [0.717, 1.165) is 12.8 Å². The zero-order valence-corrected chi connectivity index (χ0v) is 11.4. The summed E-state index contributed by atoms with van der Waals surface area (Å²) in [6, 6.07) is 5.85. The highest BCUT2D eigenvalue weighted by atomic mass is 19.1. The number of nitrogens with zero attached hydrogens (tertiary/aromatic N) is 4. The van der Waals surface area contributed by atoms with Gasteiger partial charge in [0.25, 0.3) is 5.91 Å². The molecule has 0 aliphatic carbocycles. The third-order valence-corrected chi connectivity index (χ3v) is 3.55. The van der Waals surface area contributed by atoms with E-state index in [9.17, 15) is 9.18 Å². The largest absolute Gasteiger partial charge is 0.336 e. The highest BCUT2D eigenvalue weighted by molar-refractivity contribution is 5.92. The molecule has 2 aromatic rings. The van der Waals surface area contributed by atoms with E-state index >= 15 is 0 Å². The lowest BCUT2D eigenvalue weighted by molar-refractivity contribution is 0.0702. The van der Waals surface area contributed by atoms with Gasteiger partial charge >= 0.3 is 0 Å². The number of rotatable bonds is 2. The number of hydrogen-bond donors (Lipinski definition) is 1. The predicted molar refractivity (Wildman–Crippen MR) is 74.4 cm³/mol. The quantitative estimate of drug-likeness (QED) is 0.893. The number of carbonyl (C=O) groups excluding carboxylic acids is 1. The monoisotopic (exact) mass is 289 g/mol. The molecule has 0 radical (unpaired) electrons. The minimum absolute atomic E-state index is 0.0230. The molecule has 1 aliphatic heterocycles. The Labute approximate surface area is 121 Å². The van der Waals surface area contributed by atoms with Gasteiger partial charge in [-0.1, -0.05) is 5.21 Å². The Kier molecular flexibility index (Phi) is 3.66. The summed E-state index contributed by atoms with van der Waals surface area (Å²) < 4.78 is 14.4. The third-order valence-electron chi connectivity index (χ3n) is 3.55. The molecule has 7 heteroatoms. The number of nitrogens with two attached hydrogens (primary N) is 1. The SMILES string of the molecule is NC1CCCN(C(=O)c2cn(-c3ccc(F)cc3)nn2)C1. The molecule has 2 N–H and O–H groups in total. The molecule has 6 nitrogen and oxygen atoms in total. The van der Waals surface area contributed by atoms with Gasteiger partial charge in [-0.25, -0.2) is 9.07 Å². The van der Waals surface area contributed by atoms with E-state index in [1.54, 1.807) is 23.2 Å². The third kappa shape index (κ3) is 2.92. The molecular formula is C14H16FN5O. The highest BCUT2D eigenvalue weighted by Gasteiger charge is 2.24. The Hall–Kier alpha value is -2.28. The summed E-state index contributed by atoms with van der Waals surface area (Å²) in [5.41, 5.74) is 6.80. The first-order chi connectivity index (χ1) is 10.1. The highest BCUT2D eigenvalue weighted by Crippen LogP contribution is 2.13. The van der Waals surface area contributed by atoms with Crippen molar-refractivity contribution in [3.63, 3.8) is 0 Å². The molecule has 1 aromatic carbocycles. The molecule has 0 saturated carbocycles. The van der Waals surface area contributed by atoms with E-state index in [4.69, 9.17) is 5.73 Å². The van der Waals surface area contributed by atoms with Crippen molar-refractivity contribution in [1.82, 2.24) is 19.9 Å². The number of halogens is 1. The Morgan fingerprint density at radius 2 is 2.10 bits per heavy atom. The normalized spacial score (nSPS) is 18.8. The van der Waals surface area contributed by atoms with Gasteiger partial charge in [0, 0.05) is 19.1 Å². The van der Waals surface area contributed by atoms with Crippen molar-refractivity contribution in [3.05, 3.63) is 42.0 Å². The minimum atomic E-state index is -0.322. The lowest BCUT2D eigenvalue weighted by Gasteiger charge is -2.29. The van der Waals surface area contributed by atoms with Crippen LogP contribution in [-0.2, 0) is 0 Å². The number of amides is 1. The number of aromatic nitrogens is 3. The Morgan fingerprint density at radius 3 is 2.81 bits per heavy atom. The van der Waals surface area contributed by atoms with Crippen molar-refractivity contribution < 1.29 is 9.18 Å². The van der Waals surface area contributed by atoms with Gasteiger partial charge in [-0.15, -0.1) is 5.10 Å². The molecule has 0 spiro atoms. The smallest absolute Gasteiger partial charge is 0.276 e. The van der Waals surface area contributed by atoms with Crippen LogP contribution >= 0.6 is 0 Å². The van der Waals surface area contributed by atoms with Crippen molar-refractivity contribution in [1.29, 1.82) is 0 Å². The van der Waals surface area contributed by atoms with Gasteiger partial charge < -0.3 is 10.6 Å². The summed E-state index contributed by atoms with van der Waals surface area (Å²) in [5.74, 6) is -0.490. The first kappa shape index (κ1) is 13.7. The second-order valence-electron chi connectivity index (χ2n) is 5.18. The van der Waals surface area contributed by atoms with Crippen molar-refractivity contribution >= 4 is 5.91 Å². The maximum atomic E-state index is 12.9. The van der Waals surface area contributed by atoms with E-state index in [1.807, 2.05) is 0 Å². The summed E-state index contributed by atoms with van der Waals surface area (Å²) in [4.78, 5) is 14.0. The lowest BCUT2D eigenvalue weighted by Crippen LogP contribution is -2.45. The average Bonchev–Trinajstić information content (AvgIpc) is 2.97. The maximum absolute atomic E-state index is 12.9. The van der Waals surface area contributed by atoms with Crippen LogP contribution in [0.2, 0.25) is 0 Å². The van der Waals surface area contributed by atoms with Gasteiger partial charge in [0.1, 0.15) is 5.82 Å². The summed E-state index contributed by atoms with van der Waals surface area (Å²) in [6.45, 7) is 1.23.